The van der Waals surface area contributed by atoms with Crippen LogP contribution in [-0.4, -0.2) is 47.9 Å². The van der Waals surface area contributed by atoms with E-state index in [0.717, 1.165) is 38.5 Å². The first-order valence-corrected chi connectivity index (χ1v) is 9.38. The summed E-state index contributed by atoms with van der Waals surface area (Å²) in [5, 5.41) is 13.2. The number of unbranched alkanes of at least 4 members (excludes halogenated alkanes) is 1. The molecule has 3 heterocycles. The van der Waals surface area contributed by atoms with Gasteiger partial charge in [-0.25, -0.2) is 0 Å². The number of hydroxylamine groups is 3. The van der Waals surface area contributed by atoms with E-state index in [4.69, 9.17) is 9.47 Å². The van der Waals surface area contributed by atoms with Gasteiger partial charge >= 0.3 is 11.9 Å². The van der Waals surface area contributed by atoms with E-state index in [1.165, 1.54) is 0 Å². The first-order chi connectivity index (χ1) is 11.4. The van der Waals surface area contributed by atoms with Gasteiger partial charge in [0.25, 0.3) is 0 Å². The molecule has 0 bridgehead atoms. The van der Waals surface area contributed by atoms with Crippen LogP contribution in [0.1, 0.15) is 58.8 Å². The average molecular weight is 339 g/mol. The highest BCUT2D eigenvalue weighted by atomic mass is 16.6. The van der Waals surface area contributed by atoms with Crippen LogP contribution in [0.15, 0.2) is 0 Å². The molecule has 6 heteroatoms. The standard InChI is InChI=1S/C18H29NO5/c1-12-10-14(23-17(12)20)6-3-4-8-19(22)9-5-7-15(19)16-11-13(2)18(21)24-16/h12-16H,3-11H2,1-2H3/t12-,13-,14-,15-,16+,19?/m1/s1. The number of esters is 2. The van der Waals surface area contributed by atoms with Crippen LogP contribution in [0, 0.1) is 17.0 Å². The van der Waals surface area contributed by atoms with Crippen molar-refractivity contribution in [1.82, 2.24) is 0 Å². The van der Waals surface area contributed by atoms with Crippen LogP contribution in [0.2, 0.25) is 0 Å². The topological polar surface area (TPSA) is 75.7 Å². The lowest BCUT2D eigenvalue weighted by molar-refractivity contribution is -0.896. The molecule has 6 nitrogen and oxygen atoms in total. The van der Waals surface area contributed by atoms with E-state index < -0.39 is 0 Å². The molecule has 0 amide bonds. The van der Waals surface area contributed by atoms with E-state index in [2.05, 4.69) is 0 Å². The Labute approximate surface area is 143 Å². The van der Waals surface area contributed by atoms with Crippen molar-refractivity contribution in [2.75, 3.05) is 13.1 Å². The van der Waals surface area contributed by atoms with Gasteiger partial charge in [0.15, 0.2) is 6.10 Å². The molecule has 24 heavy (non-hydrogen) atoms. The summed E-state index contributed by atoms with van der Waals surface area (Å²) in [7, 11) is 0. The number of likely N-dealkylation sites (tertiary alicyclic amines) is 1. The first-order valence-electron chi connectivity index (χ1n) is 9.38. The van der Waals surface area contributed by atoms with E-state index in [-0.39, 0.29) is 46.7 Å². The third-order valence-corrected chi connectivity index (χ3v) is 5.94. The van der Waals surface area contributed by atoms with Crippen molar-refractivity contribution >= 4 is 11.9 Å². The summed E-state index contributed by atoms with van der Waals surface area (Å²) in [6, 6.07) is -0.0942. The zero-order chi connectivity index (χ0) is 17.3. The molecule has 3 rings (SSSR count). The highest BCUT2D eigenvalue weighted by molar-refractivity contribution is 5.74. The molecule has 136 valence electrons. The Balaban J connectivity index is 1.45. The van der Waals surface area contributed by atoms with Gasteiger partial charge in [0.2, 0.25) is 0 Å². The van der Waals surface area contributed by atoms with Crippen LogP contribution in [0.3, 0.4) is 0 Å². The molecule has 0 aliphatic carbocycles. The Bertz CT molecular complexity index is 496. The number of nitrogens with zero attached hydrogens (tertiary/aromatic N) is 1. The summed E-state index contributed by atoms with van der Waals surface area (Å²) in [6.07, 6.45) is 5.65. The molecule has 0 N–H and O–H groups in total. The minimum atomic E-state index is -0.217. The predicted octanol–water partition coefficient (Wildman–Crippen LogP) is 2.54. The highest BCUT2D eigenvalue weighted by Crippen LogP contribution is 2.36. The molecule has 6 atom stereocenters. The number of ether oxygens (including phenoxy) is 2. The Morgan fingerprint density at radius 1 is 1.08 bits per heavy atom. The van der Waals surface area contributed by atoms with Crippen molar-refractivity contribution in [3.05, 3.63) is 5.21 Å². The van der Waals surface area contributed by atoms with Gasteiger partial charge in [-0.2, -0.15) is 0 Å². The van der Waals surface area contributed by atoms with Crippen molar-refractivity contribution in [3.63, 3.8) is 0 Å². The molecule has 0 aromatic rings. The molecule has 0 radical (unpaired) electrons. The third-order valence-electron chi connectivity index (χ3n) is 5.94. The summed E-state index contributed by atoms with van der Waals surface area (Å²) in [4.78, 5) is 23.0. The zero-order valence-corrected chi connectivity index (χ0v) is 14.7. The molecule has 3 saturated heterocycles. The van der Waals surface area contributed by atoms with E-state index >= 15 is 0 Å². The average Bonchev–Trinajstić information content (AvgIpc) is 3.16. The Morgan fingerprint density at radius 2 is 1.79 bits per heavy atom. The van der Waals surface area contributed by atoms with Gasteiger partial charge in [-0.1, -0.05) is 13.8 Å². The second-order valence-corrected chi connectivity index (χ2v) is 7.91. The predicted molar refractivity (Wildman–Crippen MR) is 87.6 cm³/mol. The summed E-state index contributed by atoms with van der Waals surface area (Å²) in [5.74, 6) is -0.322. The number of hydrogen-bond donors (Lipinski definition) is 0. The van der Waals surface area contributed by atoms with E-state index in [9.17, 15) is 14.8 Å². The van der Waals surface area contributed by atoms with Gasteiger partial charge in [-0.3, -0.25) is 9.59 Å². The second kappa shape index (κ2) is 7.00. The normalized spacial score (nSPS) is 42.4. The minimum Gasteiger partial charge on any atom is -0.632 e. The van der Waals surface area contributed by atoms with Gasteiger partial charge < -0.3 is 19.3 Å². The molecular weight excluding hydrogens is 310 g/mol. The maximum Gasteiger partial charge on any atom is 0.309 e. The van der Waals surface area contributed by atoms with E-state index in [0.29, 0.717) is 19.5 Å². The van der Waals surface area contributed by atoms with Crippen molar-refractivity contribution in [3.8, 4) is 0 Å². The Hall–Kier alpha value is -1.14. The maximum atomic E-state index is 13.2. The van der Waals surface area contributed by atoms with Crippen LogP contribution < -0.4 is 0 Å². The lowest BCUT2D eigenvalue weighted by atomic mass is 10.00. The first kappa shape index (κ1) is 17.7. The lowest BCUT2D eigenvalue weighted by Gasteiger charge is -2.46. The number of rotatable bonds is 6. The van der Waals surface area contributed by atoms with E-state index in [1.807, 2.05) is 13.8 Å². The minimum absolute atomic E-state index is 0.00915. The second-order valence-electron chi connectivity index (χ2n) is 7.91. The summed E-state index contributed by atoms with van der Waals surface area (Å²) in [5.41, 5.74) is 0. The van der Waals surface area contributed by atoms with E-state index in [1.54, 1.807) is 0 Å². The SMILES string of the molecule is C[C@@H]1C[C@@H](CCCC[N+]2([O-])CCC[C@@H]2[C@@H]2C[C@@H](C)C(=O)O2)OC1=O. The molecule has 0 spiro atoms. The summed E-state index contributed by atoms with van der Waals surface area (Å²) >= 11 is 0. The number of quaternary nitrogens is 1. The number of cyclic esters (lactones) is 2. The van der Waals surface area contributed by atoms with Crippen molar-refractivity contribution in [2.24, 2.45) is 11.8 Å². The molecule has 1 unspecified atom stereocenters. The molecular formula is C18H29NO5. The van der Waals surface area contributed by atoms with Crippen LogP contribution in [-0.2, 0) is 19.1 Å². The number of carbonyl (C=O) groups is 2. The molecule has 3 aliphatic rings. The highest BCUT2D eigenvalue weighted by Gasteiger charge is 2.46. The molecule has 3 aliphatic heterocycles. The van der Waals surface area contributed by atoms with Gasteiger partial charge in [0, 0.05) is 19.3 Å². The van der Waals surface area contributed by atoms with Crippen LogP contribution >= 0.6 is 0 Å². The maximum absolute atomic E-state index is 13.2. The molecule has 3 fully saturated rings. The lowest BCUT2D eigenvalue weighted by Crippen LogP contribution is -2.52. The van der Waals surface area contributed by atoms with Crippen molar-refractivity contribution in [1.29, 1.82) is 0 Å². The van der Waals surface area contributed by atoms with Gasteiger partial charge in [-0.05, 0) is 25.7 Å². The monoisotopic (exact) mass is 339 g/mol. The molecule has 0 saturated carbocycles. The third kappa shape index (κ3) is 3.59. The number of hydrogen-bond acceptors (Lipinski definition) is 5. The van der Waals surface area contributed by atoms with Gasteiger partial charge in [0.1, 0.15) is 12.1 Å². The molecule has 0 aromatic heterocycles. The van der Waals surface area contributed by atoms with Gasteiger partial charge in [0.05, 0.1) is 24.9 Å². The van der Waals surface area contributed by atoms with Gasteiger partial charge in [-0.15, -0.1) is 0 Å². The fourth-order valence-electron chi connectivity index (χ4n) is 4.48. The van der Waals surface area contributed by atoms with Crippen LogP contribution in [0.5, 0.6) is 0 Å². The summed E-state index contributed by atoms with van der Waals surface area (Å²) in [6.45, 7) is 4.98. The Kier molecular flexibility index (Phi) is 5.16. The van der Waals surface area contributed by atoms with Crippen LogP contribution in [0.25, 0.3) is 0 Å². The zero-order valence-electron chi connectivity index (χ0n) is 14.7. The Morgan fingerprint density at radius 3 is 2.42 bits per heavy atom. The fourth-order valence-corrected chi connectivity index (χ4v) is 4.48. The molecule has 0 aromatic carbocycles. The van der Waals surface area contributed by atoms with Crippen molar-refractivity contribution < 1.29 is 23.7 Å². The smallest absolute Gasteiger partial charge is 0.309 e. The summed E-state index contributed by atoms with van der Waals surface area (Å²) < 4.78 is 10.6. The van der Waals surface area contributed by atoms with Crippen molar-refractivity contribution in [2.45, 2.75) is 77.0 Å². The van der Waals surface area contributed by atoms with Crippen LogP contribution in [0.4, 0.5) is 0 Å². The fraction of sp³-hybridized carbons (Fsp3) is 0.889. The number of carbonyl (C=O) groups excluding carboxylic acids is 2. The quantitative estimate of drug-likeness (QED) is 0.322. The largest absolute Gasteiger partial charge is 0.632 e.